The molecule has 2 N–H and O–H groups in total. The molecule has 0 fully saturated rings. The van der Waals surface area contributed by atoms with Gasteiger partial charge in [-0.05, 0) is 43.5 Å². The van der Waals surface area contributed by atoms with E-state index in [0.29, 0.717) is 6.42 Å². The second kappa shape index (κ2) is 5.40. The maximum absolute atomic E-state index is 12.1. The van der Waals surface area contributed by atoms with Crippen molar-refractivity contribution in [3.8, 4) is 5.75 Å². The predicted molar refractivity (Wildman–Crippen MR) is 71.9 cm³/mol. The van der Waals surface area contributed by atoms with Crippen LogP contribution in [0, 0.1) is 0 Å². The molecule has 0 spiro atoms. The molecule has 18 heavy (non-hydrogen) atoms. The fourth-order valence-corrected chi connectivity index (χ4v) is 2.35. The number of rotatable bonds is 3. The molecule has 0 aromatic heterocycles. The Morgan fingerprint density at radius 1 is 1.56 bits per heavy atom. The summed E-state index contributed by atoms with van der Waals surface area (Å²) in [5.74, 6) is 0.950. The van der Waals surface area contributed by atoms with E-state index in [0.717, 1.165) is 30.8 Å². The van der Waals surface area contributed by atoms with Gasteiger partial charge in [0.25, 0.3) is 0 Å². The number of ether oxygens (including phenoxy) is 1. The number of anilines is 1. The average Bonchev–Trinajstić information content (AvgIpc) is 2.36. The fraction of sp³-hybridized carbons (Fsp3) is 0.500. The van der Waals surface area contributed by atoms with E-state index >= 15 is 0 Å². The summed E-state index contributed by atoms with van der Waals surface area (Å²) in [5.41, 5.74) is 7.88. The zero-order valence-electron chi connectivity index (χ0n) is 11.0. The van der Waals surface area contributed by atoms with Crippen LogP contribution in [-0.2, 0) is 11.2 Å². The lowest BCUT2D eigenvalue weighted by molar-refractivity contribution is -0.118. The second-order valence-corrected chi connectivity index (χ2v) is 4.82. The summed E-state index contributed by atoms with van der Waals surface area (Å²) < 4.78 is 5.22. The van der Waals surface area contributed by atoms with Crippen molar-refractivity contribution in [3.63, 3.8) is 0 Å². The van der Waals surface area contributed by atoms with Gasteiger partial charge in [0.1, 0.15) is 5.75 Å². The molecule has 1 aromatic rings. The van der Waals surface area contributed by atoms with Crippen molar-refractivity contribution in [2.24, 2.45) is 5.73 Å². The first-order valence-electron chi connectivity index (χ1n) is 6.34. The number of carbonyl (C=O) groups excluding carboxylic acids is 1. The molecule has 2 rings (SSSR count). The number of benzene rings is 1. The lowest BCUT2D eigenvalue weighted by Crippen LogP contribution is -2.38. The van der Waals surface area contributed by atoms with E-state index in [-0.39, 0.29) is 11.9 Å². The lowest BCUT2D eigenvalue weighted by atomic mass is 10.0. The van der Waals surface area contributed by atoms with Crippen molar-refractivity contribution in [2.45, 2.75) is 32.2 Å². The van der Waals surface area contributed by atoms with Crippen molar-refractivity contribution >= 4 is 11.6 Å². The highest BCUT2D eigenvalue weighted by atomic mass is 16.5. The van der Waals surface area contributed by atoms with Crippen LogP contribution < -0.4 is 15.4 Å². The van der Waals surface area contributed by atoms with Crippen LogP contribution in [0.25, 0.3) is 0 Å². The molecular weight excluding hydrogens is 228 g/mol. The van der Waals surface area contributed by atoms with Crippen molar-refractivity contribution in [1.82, 2.24) is 0 Å². The third-order valence-corrected chi connectivity index (χ3v) is 3.20. The van der Waals surface area contributed by atoms with E-state index in [4.69, 9.17) is 10.5 Å². The topological polar surface area (TPSA) is 55.6 Å². The van der Waals surface area contributed by atoms with Gasteiger partial charge in [0.2, 0.25) is 5.91 Å². The summed E-state index contributed by atoms with van der Waals surface area (Å²) in [6.07, 6.45) is 2.38. The number of amides is 1. The van der Waals surface area contributed by atoms with E-state index in [1.54, 1.807) is 7.11 Å². The molecule has 0 bridgehead atoms. The number of nitrogens with zero attached hydrogens (tertiary/aromatic N) is 1. The zero-order chi connectivity index (χ0) is 13.1. The van der Waals surface area contributed by atoms with E-state index < -0.39 is 0 Å². The summed E-state index contributed by atoms with van der Waals surface area (Å²) in [5, 5.41) is 0. The third-order valence-electron chi connectivity index (χ3n) is 3.20. The minimum Gasteiger partial charge on any atom is -0.497 e. The molecule has 4 heteroatoms. The van der Waals surface area contributed by atoms with Gasteiger partial charge in [-0.25, -0.2) is 0 Å². The van der Waals surface area contributed by atoms with Crippen LogP contribution in [0.4, 0.5) is 5.69 Å². The van der Waals surface area contributed by atoms with Crippen LogP contribution in [0.1, 0.15) is 25.3 Å². The molecule has 1 unspecified atom stereocenters. The number of carbonyl (C=O) groups is 1. The van der Waals surface area contributed by atoms with Gasteiger partial charge in [-0.3, -0.25) is 4.79 Å². The van der Waals surface area contributed by atoms with Gasteiger partial charge >= 0.3 is 0 Å². The predicted octanol–water partition coefficient (Wildman–Crippen LogP) is 1.71. The maximum atomic E-state index is 12.1. The third kappa shape index (κ3) is 2.64. The van der Waals surface area contributed by atoms with E-state index in [2.05, 4.69) is 0 Å². The van der Waals surface area contributed by atoms with Gasteiger partial charge < -0.3 is 15.4 Å². The van der Waals surface area contributed by atoms with Crippen molar-refractivity contribution in [3.05, 3.63) is 23.8 Å². The molecule has 0 saturated heterocycles. The molecule has 1 amide bonds. The van der Waals surface area contributed by atoms with Crippen molar-refractivity contribution in [2.75, 3.05) is 18.6 Å². The van der Waals surface area contributed by atoms with Crippen LogP contribution >= 0.6 is 0 Å². The standard InChI is InChI=1S/C14H20N2O2/c1-10(15)8-14(17)16-7-3-4-11-9-12(18-2)5-6-13(11)16/h5-6,9-10H,3-4,7-8,15H2,1-2H3. The fourth-order valence-electron chi connectivity index (χ4n) is 2.35. The smallest absolute Gasteiger partial charge is 0.228 e. The van der Waals surface area contributed by atoms with Crippen LogP contribution in [-0.4, -0.2) is 25.6 Å². The monoisotopic (exact) mass is 248 g/mol. The van der Waals surface area contributed by atoms with Crippen LogP contribution in [0.2, 0.25) is 0 Å². The Bertz CT molecular complexity index is 443. The maximum Gasteiger partial charge on any atom is 0.228 e. The zero-order valence-corrected chi connectivity index (χ0v) is 11.0. The SMILES string of the molecule is COc1ccc2c(c1)CCCN2C(=O)CC(C)N. The first-order valence-corrected chi connectivity index (χ1v) is 6.34. The largest absolute Gasteiger partial charge is 0.497 e. The molecule has 98 valence electrons. The number of hydrogen-bond acceptors (Lipinski definition) is 3. The van der Waals surface area contributed by atoms with Crippen LogP contribution in [0.5, 0.6) is 5.75 Å². The number of fused-ring (bicyclic) bond motifs is 1. The second-order valence-electron chi connectivity index (χ2n) is 4.82. The Morgan fingerprint density at radius 3 is 3.00 bits per heavy atom. The molecule has 1 aliphatic rings. The quantitative estimate of drug-likeness (QED) is 0.886. The van der Waals surface area contributed by atoms with E-state index in [1.165, 1.54) is 5.56 Å². The average molecular weight is 248 g/mol. The Labute approximate surface area is 108 Å². The first-order chi connectivity index (χ1) is 8.61. The minimum atomic E-state index is -0.0962. The van der Waals surface area contributed by atoms with Gasteiger partial charge in [0.15, 0.2) is 0 Å². The van der Waals surface area contributed by atoms with Gasteiger partial charge in [-0.1, -0.05) is 0 Å². The summed E-state index contributed by atoms with van der Waals surface area (Å²) in [7, 11) is 1.66. The van der Waals surface area contributed by atoms with E-state index in [9.17, 15) is 4.79 Å². The molecule has 1 heterocycles. The molecule has 4 nitrogen and oxygen atoms in total. The number of methoxy groups -OCH3 is 1. The van der Waals surface area contributed by atoms with Gasteiger partial charge in [-0.15, -0.1) is 0 Å². The summed E-state index contributed by atoms with van der Waals surface area (Å²) in [6, 6.07) is 5.78. The molecule has 1 atom stereocenters. The molecule has 0 saturated carbocycles. The highest BCUT2D eigenvalue weighted by Crippen LogP contribution is 2.30. The molecule has 1 aliphatic heterocycles. The van der Waals surface area contributed by atoms with Gasteiger partial charge in [0, 0.05) is 24.7 Å². The van der Waals surface area contributed by atoms with Crippen LogP contribution in [0.15, 0.2) is 18.2 Å². The van der Waals surface area contributed by atoms with Gasteiger partial charge in [-0.2, -0.15) is 0 Å². The van der Waals surface area contributed by atoms with Crippen molar-refractivity contribution < 1.29 is 9.53 Å². The van der Waals surface area contributed by atoms with E-state index in [1.807, 2.05) is 30.0 Å². The summed E-state index contributed by atoms with van der Waals surface area (Å²) >= 11 is 0. The number of hydrogen-bond donors (Lipinski definition) is 1. The van der Waals surface area contributed by atoms with Crippen molar-refractivity contribution in [1.29, 1.82) is 0 Å². The Morgan fingerprint density at radius 2 is 2.33 bits per heavy atom. The summed E-state index contributed by atoms with van der Waals surface area (Å²) in [6.45, 7) is 2.64. The Kier molecular flexibility index (Phi) is 3.87. The van der Waals surface area contributed by atoms with Gasteiger partial charge in [0.05, 0.1) is 7.11 Å². The number of nitrogens with two attached hydrogens (primary N) is 1. The lowest BCUT2D eigenvalue weighted by Gasteiger charge is -2.30. The van der Waals surface area contributed by atoms with Crippen LogP contribution in [0.3, 0.4) is 0 Å². The molecule has 0 aliphatic carbocycles. The first kappa shape index (κ1) is 12.9. The highest BCUT2D eigenvalue weighted by Gasteiger charge is 2.23. The molecule has 0 radical (unpaired) electrons. The minimum absolute atomic E-state index is 0.0962. The summed E-state index contributed by atoms with van der Waals surface area (Å²) in [4.78, 5) is 14.0. The highest BCUT2D eigenvalue weighted by molar-refractivity contribution is 5.95. The molecular formula is C14H20N2O2. The Balaban J connectivity index is 2.25. The Hall–Kier alpha value is -1.55. The normalized spacial score (nSPS) is 16.1. The molecule has 1 aromatic carbocycles. The number of aryl methyl sites for hydroxylation is 1.